The van der Waals surface area contributed by atoms with Gasteiger partial charge in [0, 0.05) is 0 Å². The molecule has 0 N–H and O–H groups in total. The molecule has 2 aromatic carbocycles. The van der Waals surface area contributed by atoms with E-state index in [2.05, 4.69) is 0 Å². The van der Waals surface area contributed by atoms with Crippen molar-refractivity contribution in [1.29, 1.82) is 0 Å². The van der Waals surface area contributed by atoms with E-state index in [9.17, 15) is 4.79 Å². The van der Waals surface area contributed by atoms with Crippen molar-refractivity contribution in [2.75, 3.05) is 7.11 Å². The summed E-state index contributed by atoms with van der Waals surface area (Å²) in [6.07, 6.45) is 10.4. The van der Waals surface area contributed by atoms with E-state index in [0.717, 1.165) is 16.9 Å². The number of rotatable bonds is 6. The van der Waals surface area contributed by atoms with Crippen LogP contribution in [0.2, 0.25) is 0 Å². The summed E-state index contributed by atoms with van der Waals surface area (Å²) in [7, 11) is 1.63. The Balaban J connectivity index is 1.87. The smallest absolute Gasteiger partial charge is 0.178 e. The minimum Gasteiger partial charge on any atom is -0.497 e. The first-order valence-corrected chi connectivity index (χ1v) is 7.04. The molecule has 0 amide bonds. The molecule has 0 saturated carbocycles. The Morgan fingerprint density at radius 1 is 0.818 bits per heavy atom. The SMILES string of the molecule is COc1ccc(/C=C/C(=O)/C=C/C=C/c2ccccc2)cc1. The Labute approximate surface area is 131 Å². The summed E-state index contributed by atoms with van der Waals surface area (Å²) in [5.41, 5.74) is 2.07. The summed E-state index contributed by atoms with van der Waals surface area (Å²) in [5.74, 6) is 0.753. The standard InChI is InChI=1S/C20H18O2/c1-22-20-15-12-18(13-16-20)11-14-19(21)10-6-5-9-17-7-3-2-4-8-17/h2-16H,1H3/b9-5+,10-6+,14-11+. The number of hydrogen-bond acceptors (Lipinski definition) is 2. The van der Waals surface area contributed by atoms with E-state index < -0.39 is 0 Å². The highest BCUT2D eigenvalue weighted by atomic mass is 16.5. The zero-order valence-corrected chi connectivity index (χ0v) is 12.5. The van der Waals surface area contributed by atoms with Crippen LogP contribution < -0.4 is 4.74 Å². The summed E-state index contributed by atoms with van der Waals surface area (Å²) < 4.78 is 5.09. The zero-order valence-electron chi connectivity index (χ0n) is 12.5. The molecule has 0 saturated heterocycles. The lowest BCUT2D eigenvalue weighted by Gasteiger charge is -1.98. The molecule has 0 bridgehead atoms. The van der Waals surface area contributed by atoms with Crippen molar-refractivity contribution < 1.29 is 9.53 Å². The molecule has 2 nitrogen and oxygen atoms in total. The third-order valence-corrected chi connectivity index (χ3v) is 3.02. The van der Waals surface area contributed by atoms with Crippen LogP contribution in [0.15, 0.2) is 78.9 Å². The Hall–Kier alpha value is -2.87. The van der Waals surface area contributed by atoms with Crippen molar-refractivity contribution in [3.05, 3.63) is 90.0 Å². The van der Waals surface area contributed by atoms with Crippen LogP contribution in [0.25, 0.3) is 12.2 Å². The van der Waals surface area contributed by atoms with Crippen LogP contribution in [-0.2, 0) is 4.79 Å². The van der Waals surface area contributed by atoms with Gasteiger partial charge in [0.15, 0.2) is 5.78 Å². The number of carbonyl (C=O) groups is 1. The second-order valence-electron chi connectivity index (χ2n) is 4.64. The van der Waals surface area contributed by atoms with Crippen LogP contribution >= 0.6 is 0 Å². The summed E-state index contributed by atoms with van der Waals surface area (Å²) in [5, 5.41) is 0. The molecule has 0 aliphatic carbocycles. The first-order chi connectivity index (χ1) is 10.8. The van der Waals surface area contributed by atoms with Gasteiger partial charge in [-0.2, -0.15) is 0 Å². The number of ether oxygens (including phenoxy) is 1. The molecule has 0 fully saturated rings. The van der Waals surface area contributed by atoms with Gasteiger partial charge in [-0.3, -0.25) is 4.79 Å². The van der Waals surface area contributed by atoms with Crippen LogP contribution in [-0.4, -0.2) is 12.9 Å². The lowest BCUT2D eigenvalue weighted by molar-refractivity contribution is -0.110. The number of ketones is 1. The number of hydrogen-bond donors (Lipinski definition) is 0. The fraction of sp³-hybridized carbons (Fsp3) is 0.0500. The van der Waals surface area contributed by atoms with E-state index in [-0.39, 0.29) is 5.78 Å². The average molecular weight is 290 g/mol. The molecule has 22 heavy (non-hydrogen) atoms. The van der Waals surface area contributed by atoms with E-state index in [1.807, 2.05) is 66.7 Å². The molecule has 0 atom stereocenters. The molecule has 0 heterocycles. The molecule has 0 aromatic heterocycles. The maximum Gasteiger partial charge on any atom is 0.178 e. The predicted octanol–water partition coefficient (Wildman–Crippen LogP) is 4.55. The highest BCUT2D eigenvalue weighted by molar-refractivity contribution is 6.02. The van der Waals surface area contributed by atoms with Crippen molar-refractivity contribution in [3.8, 4) is 5.75 Å². The summed E-state index contributed by atoms with van der Waals surface area (Å²) in [6.45, 7) is 0. The van der Waals surface area contributed by atoms with Crippen molar-refractivity contribution in [2.45, 2.75) is 0 Å². The molecule has 2 aromatic rings. The van der Waals surface area contributed by atoms with Crippen molar-refractivity contribution in [1.82, 2.24) is 0 Å². The molecule has 0 aliphatic heterocycles. The number of methoxy groups -OCH3 is 1. The first-order valence-electron chi connectivity index (χ1n) is 7.04. The topological polar surface area (TPSA) is 26.3 Å². The molecule has 0 spiro atoms. The molecule has 0 unspecified atom stereocenters. The van der Waals surface area contributed by atoms with Gasteiger partial charge in [0.05, 0.1) is 7.11 Å². The normalized spacial score (nSPS) is 11.5. The molecular weight excluding hydrogens is 272 g/mol. The summed E-state index contributed by atoms with van der Waals surface area (Å²) >= 11 is 0. The zero-order chi connectivity index (χ0) is 15.6. The van der Waals surface area contributed by atoms with Gasteiger partial charge in [0.25, 0.3) is 0 Å². The minimum absolute atomic E-state index is 0.0477. The molecular formula is C20H18O2. The van der Waals surface area contributed by atoms with Crippen LogP contribution in [0.1, 0.15) is 11.1 Å². The fourth-order valence-corrected chi connectivity index (χ4v) is 1.83. The van der Waals surface area contributed by atoms with E-state index in [4.69, 9.17) is 4.74 Å². The van der Waals surface area contributed by atoms with Gasteiger partial charge in [-0.1, -0.05) is 66.8 Å². The van der Waals surface area contributed by atoms with E-state index in [1.54, 1.807) is 31.4 Å². The fourth-order valence-electron chi connectivity index (χ4n) is 1.83. The summed E-state index contributed by atoms with van der Waals surface area (Å²) in [6, 6.07) is 17.5. The number of allylic oxidation sites excluding steroid dienone is 4. The predicted molar refractivity (Wildman–Crippen MR) is 91.7 cm³/mol. The largest absolute Gasteiger partial charge is 0.497 e. The highest BCUT2D eigenvalue weighted by Gasteiger charge is 1.92. The minimum atomic E-state index is -0.0477. The first kappa shape index (κ1) is 15.5. The van der Waals surface area contributed by atoms with E-state index in [0.29, 0.717) is 0 Å². The Morgan fingerprint density at radius 2 is 1.50 bits per heavy atom. The second-order valence-corrected chi connectivity index (χ2v) is 4.64. The Morgan fingerprint density at radius 3 is 2.18 bits per heavy atom. The van der Waals surface area contributed by atoms with Gasteiger partial charge >= 0.3 is 0 Å². The van der Waals surface area contributed by atoms with Gasteiger partial charge in [0.2, 0.25) is 0 Å². The van der Waals surface area contributed by atoms with Crippen LogP contribution in [0.4, 0.5) is 0 Å². The molecule has 110 valence electrons. The van der Waals surface area contributed by atoms with E-state index >= 15 is 0 Å². The molecule has 0 radical (unpaired) electrons. The molecule has 2 rings (SSSR count). The van der Waals surface area contributed by atoms with Gasteiger partial charge in [-0.05, 0) is 35.4 Å². The van der Waals surface area contributed by atoms with Gasteiger partial charge in [-0.25, -0.2) is 0 Å². The maximum atomic E-state index is 11.7. The quantitative estimate of drug-likeness (QED) is 0.576. The summed E-state index contributed by atoms with van der Waals surface area (Å²) in [4.78, 5) is 11.7. The van der Waals surface area contributed by atoms with Crippen LogP contribution in [0.5, 0.6) is 5.75 Å². The number of benzene rings is 2. The van der Waals surface area contributed by atoms with Gasteiger partial charge < -0.3 is 4.74 Å². The third kappa shape index (κ3) is 5.25. The van der Waals surface area contributed by atoms with Crippen LogP contribution in [0, 0.1) is 0 Å². The monoisotopic (exact) mass is 290 g/mol. The van der Waals surface area contributed by atoms with Crippen molar-refractivity contribution in [2.24, 2.45) is 0 Å². The van der Waals surface area contributed by atoms with Crippen molar-refractivity contribution >= 4 is 17.9 Å². The number of carbonyl (C=O) groups excluding carboxylic acids is 1. The molecule has 0 aliphatic rings. The lowest BCUT2D eigenvalue weighted by atomic mass is 10.2. The van der Waals surface area contributed by atoms with E-state index in [1.165, 1.54) is 0 Å². The Bertz CT molecular complexity index is 677. The second kappa shape index (κ2) is 8.42. The Kier molecular flexibility index (Phi) is 5.94. The van der Waals surface area contributed by atoms with Crippen LogP contribution in [0.3, 0.4) is 0 Å². The average Bonchev–Trinajstić information content (AvgIpc) is 2.58. The van der Waals surface area contributed by atoms with Crippen molar-refractivity contribution in [3.63, 3.8) is 0 Å². The van der Waals surface area contributed by atoms with Gasteiger partial charge in [0.1, 0.15) is 5.75 Å². The lowest BCUT2D eigenvalue weighted by Crippen LogP contribution is -1.85. The third-order valence-electron chi connectivity index (χ3n) is 3.02. The highest BCUT2D eigenvalue weighted by Crippen LogP contribution is 2.12. The van der Waals surface area contributed by atoms with Gasteiger partial charge in [-0.15, -0.1) is 0 Å². The molecule has 2 heteroatoms. The maximum absolute atomic E-state index is 11.7.